The highest BCUT2D eigenvalue weighted by Crippen LogP contribution is 2.24. The highest BCUT2D eigenvalue weighted by molar-refractivity contribution is 7.09. The van der Waals surface area contributed by atoms with Crippen molar-refractivity contribution in [3.63, 3.8) is 0 Å². The van der Waals surface area contributed by atoms with Crippen molar-refractivity contribution in [2.75, 3.05) is 6.54 Å². The van der Waals surface area contributed by atoms with Crippen LogP contribution in [-0.4, -0.2) is 23.5 Å². The lowest BCUT2D eigenvalue weighted by Gasteiger charge is -2.37. The first kappa shape index (κ1) is 12.1. The molecule has 0 bridgehead atoms. The zero-order chi connectivity index (χ0) is 11.4. The molecule has 3 heteroatoms. The van der Waals surface area contributed by atoms with Gasteiger partial charge in [0.05, 0.1) is 0 Å². The molecule has 0 aromatic carbocycles. The lowest BCUT2D eigenvalue weighted by molar-refractivity contribution is 0.138. The summed E-state index contributed by atoms with van der Waals surface area (Å²) in [6.45, 7) is 4.43. The quantitative estimate of drug-likeness (QED) is 0.874. The van der Waals surface area contributed by atoms with Crippen LogP contribution in [0.2, 0.25) is 0 Å². The van der Waals surface area contributed by atoms with E-state index in [2.05, 4.69) is 29.3 Å². The van der Waals surface area contributed by atoms with Crippen molar-refractivity contribution in [2.45, 2.75) is 51.2 Å². The molecule has 1 aliphatic carbocycles. The van der Waals surface area contributed by atoms with Crippen LogP contribution >= 0.6 is 11.3 Å². The van der Waals surface area contributed by atoms with Gasteiger partial charge >= 0.3 is 0 Å². The van der Waals surface area contributed by atoms with E-state index < -0.39 is 0 Å². The van der Waals surface area contributed by atoms with Crippen LogP contribution in [0.25, 0.3) is 0 Å². The minimum Gasteiger partial charge on any atom is -0.326 e. The van der Waals surface area contributed by atoms with E-state index in [9.17, 15) is 0 Å². The van der Waals surface area contributed by atoms with E-state index in [1.807, 2.05) is 11.3 Å². The standard InChI is InChI=1S/C13H22N2S/c1-2-15(10-11-6-5-9-16-11)13-8-4-3-7-12(13)14/h5-6,9,12-13H,2-4,7-8,10,14H2,1H3. The molecule has 2 atom stereocenters. The normalized spacial score (nSPS) is 26.2. The van der Waals surface area contributed by atoms with E-state index in [1.165, 1.54) is 30.6 Å². The van der Waals surface area contributed by atoms with Crippen LogP contribution in [-0.2, 0) is 6.54 Å². The summed E-state index contributed by atoms with van der Waals surface area (Å²) in [7, 11) is 0. The molecule has 1 aromatic heterocycles. The van der Waals surface area contributed by atoms with Crippen molar-refractivity contribution in [2.24, 2.45) is 5.73 Å². The van der Waals surface area contributed by atoms with Crippen molar-refractivity contribution in [1.82, 2.24) is 4.90 Å². The minimum absolute atomic E-state index is 0.383. The van der Waals surface area contributed by atoms with Crippen LogP contribution < -0.4 is 5.73 Å². The lowest BCUT2D eigenvalue weighted by Crippen LogP contribution is -2.49. The van der Waals surface area contributed by atoms with Crippen LogP contribution in [0.1, 0.15) is 37.5 Å². The largest absolute Gasteiger partial charge is 0.326 e. The van der Waals surface area contributed by atoms with E-state index in [4.69, 9.17) is 5.73 Å². The minimum atomic E-state index is 0.383. The van der Waals surface area contributed by atoms with Gasteiger partial charge in [-0.3, -0.25) is 4.90 Å². The molecule has 2 unspecified atom stereocenters. The van der Waals surface area contributed by atoms with Gasteiger partial charge < -0.3 is 5.73 Å². The summed E-state index contributed by atoms with van der Waals surface area (Å²) >= 11 is 1.85. The fourth-order valence-corrected chi connectivity index (χ4v) is 3.39. The average Bonchev–Trinajstić information content (AvgIpc) is 2.80. The van der Waals surface area contributed by atoms with Crippen molar-refractivity contribution in [3.05, 3.63) is 22.4 Å². The molecule has 1 aliphatic rings. The highest BCUT2D eigenvalue weighted by atomic mass is 32.1. The van der Waals surface area contributed by atoms with Gasteiger partial charge in [-0.1, -0.05) is 25.8 Å². The van der Waals surface area contributed by atoms with Gasteiger partial charge in [0.2, 0.25) is 0 Å². The van der Waals surface area contributed by atoms with Crippen LogP contribution in [0.5, 0.6) is 0 Å². The van der Waals surface area contributed by atoms with Crippen LogP contribution in [0, 0.1) is 0 Å². The number of rotatable bonds is 4. The van der Waals surface area contributed by atoms with Crippen LogP contribution in [0.3, 0.4) is 0 Å². The third-order valence-corrected chi connectivity index (χ3v) is 4.46. The number of hydrogen-bond acceptors (Lipinski definition) is 3. The summed E-state index contributed by atoms with van der Waals surface area (Å²) in [6.07, 6.45) is 5.14. The van der Waals surface area contributed by atoms with Gasteiger partial charge in [-0.2, -0.15) is 0 Å². The third-order valence-electron chi connectivity index (χ3n) is 3.60. The Morgan fingerprint density at radius 2 is 2.25 bits per heavy atom. The maximum absolute atomic E-state index is 6.25. The first-order valence-corrected chi connectivity index (χ1v) is 7.21. The molecule has 1 heterocycles. The molecule has 90 valence electrons. The van der Waals surface area contributed by atoms with E-state index >= 15 is 0 Å². The summed E-state index contributed by atoms with van der Waals surface area (Å²) in [6, 6.07) is 5.34. The van der Waals surface area contributed by atoms with Gasteiger partial charge in [-0.05, 0) is 30.8 Å². The number of nitrogens with zero attached hydrogens (tertiary/aromatic N) is 1. The summed E-state index contributed by atoms with van der Waals surface area (Å²) in [5, 5.41) is 2.16. The topological polar surface area (TPSA) is 29.3 Å². The number of hydrogen-bond donors (Lipinski definition) is 1. The SMILES string of the molecule is CCN(Cc1cccs1)C1CCCCC1N. The lowest BCUT2D eigenvalue weighted by atomic mass is 9.90. The third kappa shape index (κ3) is 2.84. The second-order valence-corrected chi connectivity index (χ2v) is 5.69. The summed E-state index contributed by atoms with van der Waals surface area (Å²) in [5.74, 6) is 0. The van der Waals surface area contributed by atoms with Gasteiger partial charge in [0.15, 0.2) is 0 Å². The van der Waals surface area contributed by atoms with E-state index in [1.54, 1.807) is 0 Å². The fourth-order valence-electron chi connectivity index (χ4n) is 2.66. The second kappa shape index (κ2) is 5.80. The Bertz CT molecular complexity index is 297. The van der Waals surface area contributed by atoms with Gasteiger partial charge in [0.25, 0.3) is 0 Å². The highest BCUT2D eigenvalue weighted by Gasteiger charge is 2.26. The molecule has 0 radical (unpaired) electrons. The molecule has 1 saturated carbocycles. The molecule has 0 amide bonds. The van der Waals surface area contributed by atoms with Gasteiger partial charge in [0, 0.05) is 23.5 Å². The Balaban J connectivity index is 1.98. The molecular formula is C13H22N2S. The first-order chi connectivity index (χ1) is 7.81. The Morgan fingerprint density at radius 1 is 1.44 bits per heavy atom. The molecular weight excluding hydrogens is 216 g/mol. The van der Waals surface area contributed by atoms with Crippen molar-refractivity contribution >= 4 is 11.3 Å². The Morgan fingerprint density at radius 3 is 2.88 bits per heavy atom. The van der Waals surface area contributed by atoms with Gasteiger partial charge in [-0.25, -0.2) is 0 Å². The average molecular weight is 238 g/mol. The monoisotopic (exact) mass is 238 g/mol. The van der Waals surface area contributed by atoms with E-state index in [0.29, 0.717) is 12.1 Å². The van der Waals surface area contributed by atoms with E-state index in [0.717, 1.165) is 13.1 Å². The van der Waals surface area contributed by atoms with Gasteiger partial charge in [-0.15, -0.1) is 11.3 Å². The Kier molecular flexibility index (Phi) is 4.38. The van der Waals surface area contributed by atoms with Crippen molar-refractivity contribution in [1.29, 1.82) is 0 Å². The Hall–Kier alpha value is -0.380. The molecule has 16 heavy (non-hydrogen) atoms. The maximum atomic E-state index is 6.25. The molecule has 2 rings (SSSR count). The maximum Gasteiger partial charge on any atom is 0.0331 e. The number of likely N-dealkylation sites (N-methyl/N-ethyl adjacent to an activating group) is 1. The Labute approximate surface area is 102 Å². The first-order valence-electron chi connectivity index (χ1n) is 6.33. The summed E-state index contributed by atoms with van der Waals surface area (Å²) < 4.78 is 0. The van der Waals surface area contributed by atoms with Crippen LogP contribution in [0.4, 0.5) is 0 Å². The smallest absolute Gasteiger partial charge is 0.0331 e. The molecule has 1 fully saturated rings. The molecule has 2 nitrogen and oxygen atoms in total. The molecule has 2 N–H and O–H groups in total. The van der Waals surface area contributed by atoms with Crippen molar-refractivity contribution in [3.8, 4) is 0 Å². The summed E-state index contributed by atoms with van der Waals surface area (Å²) in [5.41, 5.74) is 6.25. The predicted molar refractivity (Wildman–Crippen MR) is 70.6 cm³/mol. The van der Waals surface area contributed by atoms with Crippen molar-refractivity contribution < 1.29 is 0 Å². The molecule has 0 aliphatic heterocycles. The zero-order valence-corrected chi connectivity index (χ0v) is 10.9. The predicted octanol–water partition coefficient (Wildman–Crippen LogP) is 2.84. The van der Waals surface area contributed by atoms with Crippen LogP contribution in [0.15, 0.2) is 17.5 Å². The molecule has 0 saturated heterocycles. The summed E-state index contributed by atoms with van der Waals surface area (Å²) in [4.78, 5) is 4.01. The fraction of sp³-hybridized carbons (Fsp3) is 0.692. The zero-order valence-electron chi connectivity index (χ0n) is 10.1. The second-order valence-electron chi connectivity index (χ2n) is 4.66. The van der Waals surface area contributed by atoms with Gasteiger partial charge in [0.1, 0.15) is 0 Å². The van der Waals surface area contributed by atoms with E-state index in [-0.39, 0.29) is 0 Å². The molecule has 0 spiro atoms. The number of nitrogens with two attached hydrogens (primary N) is 1. The number of thiophene rings is 1. The molecule has 1 aromatic rings.